The Bertz CT molecular complexity index is 466. The number of amides is 1. The van der Waals surface area contributed by atoms with Crippen LogP contribution in [0.2, 0.25) is 0 Å². The van der Waals surface area contributed by atoms with E-state index < -0.39 is 0 Å². The highest BCUT2D eigenvalue weighted by Gasteiger charge is 2.34. The maximum Gasteiger partial charge on any atom is 0.230 e. The second-order valence-corrected chi connectivity index (χ2v) is 6.06. The molecule has 0 bridgehead atoms. The van der Waals surface area contributed by atoms with E-state index in [1.165, 1.54) is 5.56 Å². The van der Waals surface area contributed by atoms with E-state index in [2.05, 4.69) is 32.0 Å². The Morgan fingerprint density at radius 1 is 1.29 bits per heavy atom. The lowest BCUT2D eigenvalue weighted by Crippen LogP contribution is -2.35. The van der Waals surface area contributed by atoms with E-state index in [9.17, 15) is 4.79 Å². The Kier molecular flexibility index (Phi) is 5.80. The fourth-order valence-electron chi connectivity index (χ4n) is 3.46. The number of anilines is 1. The minimum absolute atomic E-state index is 0.171. The molecular formula is C18H28N2O. The van der Waals surface area contributed by atoms with Crippen LogP contribution in [0.25, 0.3) is 0 Å². The van der Waals surface area contributed by atoms with Crippen molar-refractivity contribution in [2.24, 2.45) is 11.7 Å². The third-order valence-corrected chi connectivity index (χ3v) is 4.48. The highest BCUT2D eigenvalue weighted by molar-refractivity contribution is 5.97. The summed E-state index contributed by atoms with van der Waals surface area (Å²) in [5.74, 6) is 0.884. The van der Waals surface area contributed by atoms with Crippen molar-refractivity contribution < 1.29 is 4.79 Å². The van der Waals surface area contributed by atoms with Gasteiger partial charge in [-0.05, 0) is 37.4 Å². The van der Waals surface area contributed by atoms with Crippen LogP contribution >= 0.6 is 0 Å². The molecule has 3 heteroatoms. The Balaban J connectivity index is 2.22. The standard InChI is InChI=1S/C18H28N2O/c1-3-7-14(8-4-2)18(21)20-13-15(11-12-19)16-9-5-6-10-17(16)20/h5-6,9-10,14-15H,3-4,7-8,11-13,19H2,1-2H3. The van der Waals surface area contributed by atoms with E-state index in [1.54, 1.807) is 0 Å². The number of rotatable bonds is 7. The summed E-state index contributed by atoms with van der Waals surface area (Å²) in [6.45, 7) is 5.80. The van der Waals surface area contributed by atoms with E-state index in [0.717, 1.165) is 44.3 Å². The van der Waals surface area contributed by atoms with Gasteiger partial charge in [0, 0.05) is 24.1 Å². The van der Waals surface area contributed by atoms with Crippen LogP contribution in [0.4, 0.5) is 5.69 Å². The maximum atomic E-state index is 12.9. The third-order valence-electron chi connectivity index (χ3n) is 4.48. The number of benzene rings is 1. The Morgan fingerprint density at radius 3 is 2.57 bits per heavy atom. The number of hydrogen-bond acceptors (Lipinski definition) is 2. The van der Waals surface area contributed by atoms with E-state index in [-0.39, 0.29) is 5.92 Å². The first-order valence-corrected chi connectivity index (χ1v) is 8.33. The van der Waals surface area contributed by atoms with Crippen LogP contribution in [0.3, 0.4) is 0 Å². The van der Waals surface area contributed by atoms with Crippen molar-refractivity contribution in [1.29, 1.82) is 0 Å². The average Bonchev–Trinajstić information content (AvgIpc) is 2.86. The van der Waals surface area contributed by atoms with Crippen molar-refractivity contribution in [2.75, 3.05) is 18.0 Å². The van der Waals surface area contributed by atoms with E-state index in [1.807, 2.05) is 11.0 Å². The van der Waals surface area contributed by atoms with Gasteiger partial charge in [-0.25, -0.2) is 0 Å². The second kappa shape index (κ2) is 7.60. The first-order chi connectivity index (χ1) is 10.2. The van der Waals surface area contributed by atoms with Crippen LogP contribution < -0.4 is 10.6 Å². The van der Waals surface area contributed by atoms with Crippen molar-refractivity contribution in [3.63, 3.8) is 0 Å². The maximum absolute atomic E-state index is 12.9. The van der Waals surface area contributed by atoms with Crippen molar-refractivity contribution in [3.8, 4) is 0 Å². The van der Waals surface area contributed by atoms with Gasteiger partial charge in [0.15, 0.2) is 0 Å². The SMILES string of the molecule is CCCC(CCC)C(=O)N1CC(CCN)c2ccccc21. The van der Waals surface area contributed by atoms with Gasteiger partial charge in [-0.3, -0.25) is 4.79 Å². The molecule has 2 rings (SSSR count). The molecule has 1 heterocycles. The quantitative estimate of drug-likeness (QED) is 0.832. The summed E-state index contributed by atoms with van der Waals surface area (Å²) in [7, 11) is 0. The lowest BCUT2D eigenvalue weighted by Gasteiger charge is -2.24. The Labute approximate surface area is 128 Å². The number of carbonyl (C=O) groups is 1. The molecule has 21 heavy (non-hydrogen) atoms. The predicted molar refractivity (Wildman–Crippen MR) is 88.5 cm³/mol. The molecule has 0 aromatic heterocycles. The molecule has 2 N–H and O–H groups in total. The number of hydrogen-bond donors (Lipinski definition) is 1. The molecule has 0 aliphatic carbocycles. The topological polar surface area (TPSA) is 46.3 Å². The second-order valence-electron chi connectivity index (χ2n) is 6.06. The summed E-state index contributed by atoms with van der Waals surface area (Å²) in [5.41, 5.74) is 8.14. The van der Waals surface area contributed by atoms with Gasteiger partial charge in [0.1, 0.15) is 0 Å². The van der Waals surface area contributed by atoms with Gasteiger partial charge in [-0.1, -0.05) is 44.9 Å². The molecule has 1 unspecified atom stereocenters. The van der Waals surface area contributed by atoms with Gasteiger partial charge in [-0.2, -0.15) is 0 Å². The number of nitrogens with zero attached hydrogens (tertiary/aromatic N) is 1. The molecule has 0 radical (unpaired) electrons. The van der Waals surface area contributed by atoms with Crippen LogP contribution in [0.5, 0.6) is 0 Å². The molecule has 1 aliphatic heterocycles. The normalized spacial score (nSPS) is 17.3. The zero-order chi connectivity index (χ0) is 15.2. The average molecular weight is 288 g/mol. The highest BCUT2D eigenvalue weighted by Crippen LogP contribution is 2.39. The van der Waals surface area contributed by atoms with Crippen molar-refractivity contribution in [2.45, 2.75) is 51.9 Å². The van der Waals surface area contributed by atoms with Crippen molar-refractivity contribution in [3.05, 3.63) is 29.8 Å². The molecule has 1 amide bonds. The summed E-state index contributed by atoms with van der Waals surface area (Å²) < 4.78 is 0. The largest absolute Gasteiger partial charge is 0.330 e. The molecule has 1 aromatic carbocycles. The third kappa shape index (κ3) is 3.46. The fourth-order valence-corrected chi connectivity index (χ4v) is 3.46. The van der Waals surface area contributed by atoms with Crippen LogP contribution in [0.15, 0.2) is 24.3 Å². The fraction of sp³-hybridized carbons (Fsp3) is 0.611. The highest BCUT2D eigenvalue weighted by atomic mass is 16.2. The van der Waals surface area contributed by atoms with E-state index in [0.29, 0.717) is 18.4 Å². The zero-order valence-electron chi connectivity index (χ0n) is 13.3. The van der Waals surface area contributed by atoms with Crippen LogP contribution in [-0.4, -0.2) is 19.0 Å². The monoisotopic (exact) mass is 288 g/mol. The number of carbonyl (C=O) groups excluding carboxylic acids is 1. The zero-order valence-corrected chi connectivity index (χ0v) is 13.3. The molecule has 0 fully saturated rings. The minimum atomic E-state index is 0.171. The molecule has 0 saturated heterocycles. The summed E-state index contributed by atoms with van der Waals surface area (Å²) in [6, 6.07) is 8.32. The first kappa shape index (κ1) is 16.0. The predicted octanol–water partition coefficient (Wildman–Crippen LogP) is 3.68. The molecular weight excluding hydrogens is 260 g/mol. The Hall–Kier alpha value is -1.35. The number of para-hydroxylation sites is 1. The van der Waals surface area contributed by atoms with Gasteiger partial charge in [-0.15, -0.1) is 0 Å². The smallest absolute Gasteiger partial charge is 0.230 e. The summed E-state index contributed by atoms with van der Waals surface area (Å²) in [4.78, 5) is 15.0. The van der Waals surface area contributed by atoms with Crippen LogP contribution in [0.1, 0.15) is 57.4 Å². The minimum Gasteiger partial charge on any atom is -0.330 e. The lowest BCUT2D eigenvalue weighted by atomic mass is 9.96. The lowest BCUT2D eigenvalue weighted by molar-refractivity contribution is -0.122. The molecule has 1 aromatic rings. The molecule has 1 atom stereocenters. The summed E-state index contributed by atoms with van der Waals surface area (Å²) in [5, 5.41) is 0. The number of fused-ring (bicyclic) bond motifs is 1. The van der Waals surface area contributed by atoms with Crippen LogP contribution in [-0.2, 0) is 4.79 Å². The summed E-state index contributed by atoms with van der Waals surface area (Å²) >= 11 is 0. The van der Waals surface area contributed by atoms with Gasteiger partial charge in [0.2, 0.25) is 5.91 Å². The molecule has 116 valence electrons. The molecule has 1 aliphatic rings. The van der Waals surface area contributed by atoms with Crippen molar-refractivity contribution >= 4 is 11.6 Å². The van der Waals surface area contributed by atoms with E-state index >= 15 is 0 Å². The van der Waals surface area contributed by atoms with Gasteiger partial charge in [0.05, 0.1) is 0 Å². The number of nitrogens with two attached hydrogens (primary N) is 1. The van der Waals surface area contributed by atoms with Crippen molar-refractivity contribution in [1.82, 2.24) is 0 Å². The van der Waals surface area contributed by atoms with E-state index in [4.69, 9.17) is 5.73 Å². The molecule has 0 saturated carbocycles. The summed E-state index contributed by atoms with van der Waals surface area (Å²) in [6.07, 6.45) is 5.07. The molecule has 0 spiro atoms. The first-order valence-electron chi connectivity index (χ1n) is 8.33. The van der Waals surface area contributed by atoms with Gasteiger partial charge in [0.25, 0.3) is 0 Å². The van der Waals surface area contributed by atoms with Gasteiger partial charge >= 0.3 is 0 Å². The Morgan fingerprint density at radius 2 is 1.95 bits per heavy atom. The van der Waals surface area contributed by atoms with Crippen LogP contribution in [0, 0.1) is 5.92 Å². The van der Waals surface area contributed by atoms with Gasteiger partial charge < -0.3 is 10.6 Å². The molecule has 3 nitrogen and oxygen atoms in total.